The van der Waals surface area contributed by atoms with Crippen molar-refractivity contribution >= 4 is 5.78 Å². The van der Waals surface area contributed by atoms with E-state index in [0.717, 1.165) is 12.8 Å². The maximum Gasteiger partial charge on any atom is 0.184 e. The number of ether oxygens (including phenoxy) is 1. The predicted octanol–water partition coefficient (Wildman–Crippen LogP) is 2.65. The second-order valence-electron chi connectivity index (χ2n) is 4.51. The summed E-state index contributed by atoms with van der Waals surface area (Å²) in [6.07, 6.45) is 9.00. The zero-order chi connectivity index (χ0) is 10.8. The summed E-state index contributed by atoms with van der Waals surface area (Å²) in [5.41, 5.74) is 1.32. The summed E-state index contributed by atoms with van der Waals surface area (Å²) in [5.74, 6) is 0.436. The van der Waals surface area contributed by atoms with Gasteiger partial charge in [0.1, 0.15) is 6.10 Å². The van der Waals surface area contributed by atoms with Gasteiger partial charge in [-0.1, -0.05) is 17.7 Å². The monoisotopic (exact) mass is 206 g/mol. The average Bonchev–Trinajstić information content (AvgIpc) is 2.23. The first-order valence-corrected chi connectivity index (χ1v) is 5.72. The number of ketones is 1. The molecule has 2 heteroatoms. The van der Waals surface area contributed by atoms with Gasteiger partial charge < -0.3 is 4.74 Å². The van der Waals surface area contributed by atoms with Gasteiger partial charge in [0.25, 0.3) is 0 Å². The van der Waals surface area contributed by atoms with Crippen LogP contribution in [0.3, 0.4) is 0 Å². The summed E-state index contributed by atoms with van der Waals surface area (Å²) in [5, 5.41) is 0. The second-order valence-corrected chi connectivity index (χ2v) is 4.51. The maximum atomic E-state index is 11.7. The van der Waals surface area contributed by atoms with Crippen LogP contribution in [0.25, 0.3) is 0 Å². The maximum absolute atomic E-state index is 11.7. The van der Waals surface area contributed by atoms with E-state index in [1.807, 2.05) is 13.0 Å². The van der Waals surface area contributed by atoms with Crippen molar-refractivity contribution < 1.29 is 9.53 Å². The Morgan fingerprint density at radius 1 is 1.47 bits per heavy atom. The lowest BCUT2D eigenvalue weighted by Crippen LogP contribution is -2.38. The number of rotatable bonds is 1. The van der Waals surface area contributed by atoms with Gasteiger partial charge in [-0.05, 0) is 39.2 Å². The minimum Gasteiger partial charge on any atom is -0.362 e. The van der Waals surface area contributed by atoms with Crippen molar-refractivity contribution in [3.63, 3.8) is 0 Å². The van der Waals surface area contributed by atoms with E-state index < -0.39 is 0 Å². The summed E-state index contributed by atoms with van der Waals surface area (Å²) < 4.78 is 5.73. The molecule has 82 valence electrons. The summed E-state index contributed by atoms with van der Waals surface area (Å²) in [4.78, 5) is 11.7. The predicted molar refractivity (Wildman–Crippen MR) is 59.6 cm³/mol. The molecule has 0 radical (unpaired) electrons. The standard InChI is InChI=1S/C13H18O2/c1-9-5-3-4-6-11(9)13-12(14)8-7-10(2)15-13/h5,7-8,10-11,13H,3-4,6H2,1-2H3/t10-,11?,13-/m1/s1. The Kier molecular flexibility index (Phi) is 3.06. The highest BCUT2D eigenvalue weighted by Gasteiger charge is 2.32. The van der Waals surface area contributed by atoms with Crippen molar-refractivity contribution in [2.24, 2.45) is 5.92 Å². The molecule has 0 aromatic heterocycles. The Bertz CT molecular complexity index is 314. The third-order valence-electron chi connectivity index (χ3n) is 3.31. The van der Waals surface area contributed by atoms with Gasteiger partial charge in [0, 0.05) is 5.92 Å². The normalized spacial score (nSPS) is 36.5. The molecule has 0 amide bonds. The van der Waals surface area contributed by atoms with Crippen LogP contribution in [0.15, 0.2) is 23.8 Å². The van der Waals surface area contributed by atoms with E-state index >= 15 is 0 Å². The smallest absolute Gasteiger partial charge is 0.184 e. The van der Waals surface area contributed by atoms with E-state index in [9.17, 15) is 4.79 Å². The van der Waals surface area contributed by atoms with E-state index in [1.165, 1.54) is 12.0 Å². The van der Waals surface area contributed by atoms with Crippen molar-refractivity contribution in [3.8, 4) is 0 Å². The molecule has 2 aliphatic rings. The lowest BCUT2D eigenvalue weighted by atomic mass is 9.82. The Morgan fingerprint density at radius 2 is 2.27 bits per heavy atom. The zero-order valence-electron chi connectivity index (χ0n) is 9.40. The van der Waals surface area contributed by atoms with Gasteiger partial charge >= 0.3 is 0 Å². The Morgan fingerprint density at radius 3 is 3.00 bits per heavy atom. The first-order chi connectivity index (χ1) is 7.18. The fourth-order valence-electron chi connectivity index (χ4n) is 2.40. The Labute approximate surface area is 91.0 Å². The molecule has 3 atom stereocenters. The molecular formula is C13H18O2. The number of hydrogen-bond acceptors (Lipinski definition) is 2. The van der Waals surface area contributed by atoms with E-state index in [1.54, 1.807) is 6.08 Å². The summed E-state index contributed by atoms with van der Waals surface area (Å²) in [7, 11) is 0. The van der Waals surface area contributed by atoms with Gasteiger partial charge in [-0.25, -0.2) is 0 Å². The molecule has 0 aromatic rings. The topological polar surface area (TPSA) is 26.3 Å². The molecule has 1 aliphatic heterocycles. The molecule has 0 N–H and O–H groups in total. The Balaban J connectivity index is 2.16. The van der Waals surface area contributed by atoms with Gasteiger partial charge in [-0.15, -0.1) is 0 Å². The summed E-state index contributed by atoms with van der Waals surface area (Å²) in [6, 6.07) is 0. The van der Waals surface area contributed by atoms with E-state index in [4.69, 9.17) is 4.74 Å². The van der Waals surface area contributed by atoms with Crippen LogP contribution in [0.1, 0.15) is 33.1 Å². The molecule has 2 nitrogen and oxygen atoms in total. The molecule has 0 saturated heterocycles. The largest absolute Gasteiger partial charge is 0.362 e. The van der Waals surface area contributed by atoms with Crippen LogP contribution in [0.5, 0.6) is 0 Å². The lowest BCUT2D eigenvalue weighted by molar-refractivity contribution is -0.132. The van der Waals surface area contributed by atoms with Crippen molar-refractivity contribution in [1.29, 1.82) is 0 Å². The van der Waals surface area contributed by atoms with E-state index in [-0.39, 0.29) is 18.0 Å². The number of carbonyl (C=O) groups is 1. The number of allylic oxidation sites excluding steroid dienone is 1. The van der Waals surface area contributed by atoms with Gasteiger partial charge in [-0.2, -0.15) is 0 Å². The molecular weight excluding hydrogens is 188 g/mol. The van der Waals surface area contributed by atoms with Gasteiger partial charge in [0.05, 0.1) is 6.10 Å². The minimum atomic E-state index is -0.235. The third kappa shape index (κ3) is 2.20. The van der Waals surface area contributed by atoms with Crippen LogP contribution in [0.4, 0.5) is 0 Å². The van der Waals surface area contributed by atoms with Crippen LogP contribution in [-0.4, -0.2) is 18.0 Å². The molecule has 15 heavy (non-hydrogen) atoms. The van der Waals surface area contributed by atoms with Crippen LogP contribution in [0.2, 0.25) is 0 Å². The highest BCUT2D eigenvalue weighted by atomic mass is 16.5. The van der Waals surface area contributed by atoms with Crippen LogP contribution < -0.4 is 0 Å². The molecule has 1 aliphatic carbocycles. The third-order valence-corrected chi connectivity index (χ3v) is 3.31. The molecule has 1 unspecified atom stereocenters. The number of carbonyl (C=O) groups excluding carboxylic acids is 1. The molecule has 0 aromatic carbocycles. The fourth-order valence-corrected chi connectivity index (χ4v) is 2.40. The minimum absolute atomic E-state index is 0.0717. The average molecular weight is 206 g/mol. The van der Waals surface area contributed by atoms with Crippen LogP contribution in [0, 0.1) is 5.92 Å². The van der Waals surface area contributed by atoms with Gasteiger partial charge in [0.2, 0.25) is 0 Å². The van der Waals surface area contributed by atoms with E-state index in [0.29, 0.717) is 5.92 Å². The molecule has 0 saturated carbocycles. The molecule has 0 spiro atoms. The van der Waals surface area contributed by atoms with Crippen molar-refractivity contribution in [3.05, 3.63) is 23.8 Å². The van der Waals surface area contributed by atoms with Crippen molar-refractivity contribution in [2.45, 2.75) is 45.3 Å². The fraction of sp³-hybridized carbons (Fsp3) is 0.615. The van der Waals surface area contributed by atoms with Crippen LogP contribution in [-0.2, 0) is 9.53 Å². The lowest BCUT2D eigenvalue weighted by Gasteiger charge is -2.32. The summed E-state index contributed by atoms with van der Waals surface area (Å²) >= 11 is 0. The SMILES string of the molecule is CC1=CCCCC1[C@H]1O[C@H](C)C=CC1=O. The van der Waals surface area contributed by atoms with Gasteiger partial charge in [-0.3, -0.25) is 4.79 Å². The zero-order valence-corrected chi connectivity index (χ0v) is 9.40. The summed E-state index contributed by atoms with van der Waals surface area (Å²) in [6.45, 7) is 4.10. The molecule has 1 heterocycles. The van der Waals surface area contributed by atoms with E-state index in [2.05, 4.69) is 13.0 Å². The Hall–Kier alpha value is -0.890. The quantitative estimate of drug-likeness (QED) is 0.616. The second kappa shape index (κ2) is 4.31. The molecule has 0 fully saturated rings. The highest BCUT2D eigenvalue weighted by molar-refractivity contribution is 5.94. The molecule has 2 rings (SSSR count). The van der Waals surface area contributed by atoms with Crippen molar-refractivity contribution in [1.82, 2.24) is 0 Å². The first-order valence-electron chi connectivity index (χ1n) is 5.72. The van der Waals surface area contributed by atoms with Crippen molar-refractivity contribution in [2.75, 3.05) is 0 Å². The first kappa shape index (κ1) is 10.6. The van der Waals surface area contributed by atoms with Gasteiger partial charge in [0.15, 0.2) is 5.78 Å². The number of hydrogen-bond donors (Lipinski definition) is 0. The highest BCUT2D eigenvalue weighted by Crippen LogP contribution is 2.31. The molecule has 0 bridgehead atoms. The van der Waals surface area contributed by atoms with Crippen LogP contribution >= 0.6 is 0 Å².